The molecule has 1 unspecified atom stereocenters. The third kappa shape index (κ3) is 3.64. The first-order chi connectivity index (χ1) is 7.17. The molecule has 1 aromatic heterocycles. The van der Waals surface area contributed by atoms with Crippen molar-refractivity contribution in [1.29, 1.82) is 0 Å². The molecule has 0 amide bonds. The molecule has 4 heteroatoms. The van der Waals surface area contributed by atoms with Gasteiger partial charge in [-0.2, -0.15) is 5.10 Å². The van der Waals surface area contributed by atoms with E-state index < -0.39 is 0 Å². The zero-order valence-electron chi connectivity index (χ0n) is 9.77. The van der Waals surface area contributed by atoms with E-state index in [1.165, 1.54) is 5.56 Å². The van der Waals surface area contributed by atoms with E-state index in [4.69, 9.17) is 5.11 Å². The molecule has 2 N–H and O–H groups in total. The van der Waals surface area contributed by atoms with Crippen LogP contribution in [0.4, 0.5) is 0 Å². The minimum Gasteiger partial charge on any atom is -0.396 e. The Hall–Kier alpha value is -0.870. The van der Waals surface area contributed by atoms with Crippen LogP contribution in [0.1, 0.15) is 38.3 Å². The number of aromatic nitrogens is 2. The second kappa shape index (κ2) is 5.88. The summed E-state index contributed by atoms with van der Waals surface area (Å²) >= 11 is 0. The molecule has 0 fully saturated rings. The zero-order chi connectivity index (χ0) is 11.3. The van der Waals surface area contributed by atoms with Crippen LogP contribution in [0.3, 0.4) is 0 Å². The first-order valence-corrected chi connectivity index (χ1v) is 5.52. The number of aliphatic hydroxyl groups is 1. The molecule has 0 aromatic carbocycles. The maximum absolute atomic E-state index is 8.84. The fraction of sp³-hybridized carbons (Fsp3) is 0.727. The lowest BCUT2D eigenvalue weighted by Crippen LogP contribution is -2.30. The Labute approximate surface area is 91.3 Å². The van der Waals surface area contributed by atoms with Gasteiger partial charge in [-0.15, -0.1) is 0 Å². The van der Waals surface area contributed by atoms with E-state index in [0.29, 0.717) is 12.1 Å². The third-order valence-electron chi connectivity index (χ3n) is 2.58. The molecule has 0 saturated carbocycles. The van der Waals surface area contributed by atoms with Crippen LogP contribution in [-0.4, -0.2) is 27.5 Å². The quantitative estimate of drug-likeness (QED) is 0.744. The Kier molecular flexibility index (Phi) is 4.78. The van der Waals surface area contributed by atoms with Crippen LogP contribution in [0.2, 0.25) is 0 Å². The van der Waals surface area contributed by atoms with E-state index in [0.717, 1.165) is 12.8 Å². The van der Waals surface area contributed by atoms with Gasteiger partial charge in [0.05, 0.1) is 6.20 Å². The predicted molar refractivity (Wildman–Crippen MR) is 60.5 cm³/mol. The monoisotopic (exact) mass is 211 g/mol. The summed E-state index contributed by atoms with van der Waals surface area (Å²) in [4.78, 5) is 0. The standard InChI is InChI=1S/C11H21N3O/c1-4-11(13-9(2)5-6-15)10-7-12-14(3)8-10/h7-9,11,13,15H,4-6H2,1-3H3/t9-,11?/m1/s1. The number of nitrogens with one attached hydrogen (secondary N) is 1. The van der Waals surface area contributed by atoms with Crippen molar-refractivity contribution in [2.24, 2.45) is 7.05 Å². The molecule has 0 aliphatic heterocycles. The van der Waals surface area contributed by atoms with Gasteiger partial charge < -0.3 is 10.4 Å². The van der Waals surface area contributed by atoms with E-state index in [-0.39, 0.29) is 6.61 Å². The summed E-state index contributed by atoms with van der Waals surface area (Å²) in [6.45, 7) is 4.48. The molecule has 1 aromatic rings. The van der Waals surface area contributed by atoms with Gasteiger partial charge in [-0.1, -0.05) is 6.92 Å². The van der Waals surface area contributed by atoms with Crippen LogP contribution in [0.25, 0.3) is 0 Å². The van der Waals surface area contributed by atoms with Gasteiger partial charge in [0, 0.05) is 37.5 Å². The molecule has 2 atom stereocenters. The highest BCUT2D eigenvalue weighted by Crippen LogP contribution is 2.16. The van der Waals surface area contributed by atoms with Gasteiger partial charge in [-0.05, 0) is 19.8 Å². The van der Waals surface area contributed by atoms with E-state index >= 15 is 0 Å². The lowest BCUT2D eigenvalue weighted by Gasteiger charge is -2.20. The molecule has 0 saturated heterocycles. The Morgan fingerprint density at radius 3 is 2.80 bits per heavy atom. The fourth-order valence-electron chi connectivity index (χ4n) is 1.69. The second-order valence-corrected chi connectivity index (χ2v) is 3.99. The summed E-state index contributed by atoms with van der Waals surface area (Å²) in [6.07, 6.45) is 5.75. The van der Waals surface area contributed by atoms with Gasteiger partial charge in [0.1, 0.15) is 0 Å². The van der Waals surface area contributed by atoms with Crippen molar-refractivity contribution in [1.82, 2.24) is 15.1 Å². The largest absolute Gasteiger partial charge is 0.396 e. The van der Waals surface area contributed by atoms with E-state index in [9.17, 15) is 0 Å². The Bertz CT molecular complexity index is 285. The van der Waals surface area contributed by atoms with Gasteiger partial charge in [0.25, 0.3) is 0 Å². The van der Waals surface area contributed by atoms with Crippen LogP contribution >= 0.6 is 0 Å². The highest BCUT2D eigenvalue weighted by molar-refractivity contribution is 5.10. The van der Waals surface area contributed by atoms with Crippen molar-refractivity contribution in [3.63, 3.8) is 0 Å². The van der Waals surface area contributed by atoms with E-state index in [1.54, 1.807) is 0 Å². The maximum Gasteiger partial charge on any atom is 0.0537 e. The average Bonchev–Trinajstić information content (AvgIpc) is 2.61. The van der Waals surface area contributed by atoms with Crippen molar-refractivity contribution in [3.05, 3.63) is 18.0 Å². The molecule has 15 heavy (non-hydrogen) atoms. The highest BCUT2D eigenvalue weighted by Gasteiger charge is 2.13. The lowest BCUT2D eigenvalue weighted by atomic mass is 10.1. The summed E-state index contributed by atoms with van der Waals surface area (Å²) in [6, 6.07) is 0.667. The van der Waals surface area contributed by atoms with Crippen molar-refractivity contribution in [2.75, 3.05) is 6.61 Å². The number of rotatable bonds is 6. The number of hydrogen-bond acceptors (Lipinski definition) is 3. The smallest absolute Gasteiger partial charge is 0.0537 e. The molecule has 0 aliphatic carbocycles. The second-order valence-electron chi connectivity index (χ2n) is 3.99. The summed E-state index contributed by atoms with van der Waals surface area (Å²) in [5, 5.41) is 16.5. The third-order valence-corrected chi connectivity index (χ3v) is 2.58. The van der Waals surface area contributed by atoms with Gasteiger partial charge in [-0.25, -0.2) is 0 Å². The van der Waals surface area contributed by atoms with E-state index in [1.807, 2.05) is 24.1 Å². The average molecular weight is 211 g/mol. The lowest BCUT2D eigenvalue weighted by molar-refractivity contribution is 0.262. The zero-order valence-corrected chi connectivity index (χ0v) is 9.77. The maximum atomic E-state index is 8.84. The minimum atomic E-state index is 0.234. The Morgan fingerprint density at radius 1 is 1.60 bits per heavy atom. The molecular weight excluding hydrogens is 190 g/mol. The summed E-state index contributed by atoms with van der Waals surface area (Å²) in [5.74, 6) is 0. The van der Waals surface area contributed by atoms with E-state index in [2.05, 4.69) is 24.3 Å². The summed E-state index contributed by atoms with van der Waals surface area (Å²) < 4.78 is 1.82. The number of aliphatic hydroxyl groups excluding tert-OH is 1. The van der Waals surface area contributed by atoms with Gasteiger partial charge in [0.2, 0.25) is 0 Å². The molecule has 0 radical (unpaired) electrons. The number of hydrogen-bond donors (Lipinski definition) is 2. The first-order valence-electron chi connectivity index (χ1n) is 5.52. The van der Waals surface area contributed by atoms with Crippen molar-refractivity contribution >= 4 is 0 Å². The van der Waals surface area contributed by atoms with Crippen molar-refractivity contribution in [2.45, 2.75) is 38.8 Å². The minimum absolute atomic E-state index is 0.234. The first kappa shape index (κ1) is 12.2. The van der Waals surface area contributed by atoms with Crippen molar-refractivity contribution in [3.8, 4) is 0 Å². The number of nitrogens with zero attached hydrogens (tertiary/aromatic N) is 2. The molecule has 86 valence electrons. The predicted octanol–water partition coefficient (Wildman–Crippen LogP) is 1.23. The molecular formula is C11H21N3O. The Balaban J connectivity index is 2.56. The Morgan fingerprint density at radius 2 is 2.33 bits per heavy atom. The fourth-order valence-corrected chi connectivity index (χ4v) is 1.69. The van der Waals surface area contributed by atoms with Crippen LogP contribution in [0, 0.1) is 0 Å². The van der Waals surface area contributed by atoms with Crippen LogP contribution in [0.5, 0.6) is 0 Å². The van der Waals surface area contributed by atoms with Gasteiger partial charge in [0.15, 0.2) is 0 Å². The van der Waals surface area contributed by atoms with Crippen LogP contribution < -0.4 is 5.32 Å². The normalized spacial score (nSPS) is 15.2. The molecule has 0 bridgehead atoms. The van der Waals surface area contributed by atoms with Gasteiger partial charge >= 0.3 is 0 Å². The SMILES string of the molecule is CCC(N[C@H](C)CCO)c1cnn(C)c1. The molecule has 1 heterocycles. The number of aryl methyl sites for hydroxylation is 1. The van der Waals surface area contributed by atoms with Crippen LogP contribution in [-0.2, 0) is 7.05 Å². The highest BCUT2D eigenvalue weighted by atomic mass is 16.3. The molecule has 4 nitrogen and oxygen atoms in total. The summed E-state index contributed by atoms with van der Waals surface area (Å²) in [5.41, 5.74) is 1.21. The summed E-state index contributed by atoms with van der Waals surface area (Å²) in [7, 11) is 1.92. The molecule has 0 aliphatic rings. The van der Waals surface area contributed by atoms with Gasteiger partial charge in [-0.3, -0.25) is 4.68 Å². The van der Waals surface area contributed by atoms with Crippen LogP contribution in [0.15, 0.2) is 12.4 Å². The topological polar surface area (TPSA) is 50.1 Å². The van der Waals surface area contributed by atoms with Crippen molar-refractivity contribution < 1.29 is 5.11 Å². The molecule has 0 spiro atoms. The molecule has 1 rings (SSSR count).